The Labute approximate surface area is 43.0 Å². The van der Waals surface area contributed by atoms with E-state index in [1.54, 1.807) is 0 Å². The molecule has 0 spiro atoms. The standard InChI is InChI=1S/CH5NO2S.CH4O/c1-5(2,3)4;1-2/h1H3,(H2,2,3,4);2H,1H3. The van der Waals surface area contributed by atoms with Crippen LogP contribution in [0.2, 0.25) is 0 Å². The van der Waals surface area contributed by atoms with Gasteiger partial charge in [0.25, 0.3) is 0 Å². The Bertz CT molecular complexity index is 96.1. The van der Waals surface area contributed by atoms with Gasteiger partial charge in [0.05, 0.1) is 6.26 Å². The molecule has 0 radical (unpaired) electrons. The third-order valence-corrected chi connectivity index (χ3v) is 0. The summed E-state index contributed by atoms with van der Waals surface area (Å²) in [4.78, 5) is 0. The van der Waals surface area contributed by atoms with Crippen molar-refractivity contribution in [1.82, 2.24) is 0 Å². The maximum atomic E-state index is 9.41. The average Bonchev–Trinajstić information content (AvgIpc) is 1.36. The van der Waals surface area contributed by atoms with Crippen LogP contribution in [0.15, 0.2) is 0 Å². The van der Waals surface area contributed by atoms with Gasteiger partial charge in [0.1, 0.15) is 0 Å². The van der Waals surface area contributed by atoms with Crippen LogP contribution >= 0.6 is 0 Å². The number of sulfonamides is 1. The molecule has 0 atom stereocenters. The molecule has 0 aliphatic heterocycles. The van der Waals surface area contributed by atoms with Gasteiger partial charge in [0, 0.05) is 7.11 Å². The van der Waals surface area contributed by atoms with E-state index >= 15 is 0 Å². The summed E-state index contributed by atoms with van der Waals surface area (Å²) in [6, 6.07) is 0. The minimum Gasteiger partial charge on any atom is -0.400 e. The monoisotopic (exact) mass is 127 g/mol. The van der Waals surface area contributed by atoms with E-state index < -0.39 is 10.0 Å². The molecule has 0 bridgehead atoms. The average molecular weight is 127 g/mol. The van der Waals surface area contributed by atoms with E-state index in [1.165, 1.54) is 0 Å². The lowest BCUT2D eigenvalue weighted by Crippen LogP contribution is -2.07. The molecule has 0 aliphatic carbocycles. The second-order valence-electron chi connectivity index (χ2n) is 0.830. The Morgan fingerprint density at radius 3 is 1.43 bits per heavy atom. The largest absolute Gasteiger partial charge is 0.400 e. The smallest absolute Gasteiger partial charge is 0.206 e. The van der Waals surface area contributed by atoms with Crippen molar-refractivity contribution in [3.63, 3.8) is 0 Å². The molecule has 0 aliphatic rings. The summed E-state index contributed by atoms with van der Waals surface area (Å²) in [5, 5.41) is 11.3. The van der Waals surface area contributed by atoms with Crippen molar-refractivity contribution in [2.45, 2.75) is 0 Å². The van der Waals surface area contributed by atoms with Crippen LogP contribution in [0.4, 0.5) is 0 Å². The summed E-state index contributed by atoms with van der Waals surface area (Å²) < 4.78 is 18.8. The van der Waals surface area contributed by atoms with E-state index in [0.29, 0.717) is 0 Å². The number of nitrogens with two attached hydrogens (primary N) is 1. The van der Waals surface area contributed by atoms with Crippen LogP contribution in [0, 0.1) is 0 Å². The lowest BCUT2D eigenvalue weighted by atomic mass is 11.8. The highest BCUT2D eigenvalue weighted by molar-refractivity contribution is 7.88. The molecule has 0 unspecified atom stereocenters. The fraction of sp³-hybridized carbons (Fsp3) is 1.00. The molecule has 0 rings (SSSR count). The Morgan fingerprint density at radius 1 is 1.43 bits per heavy atom. The van der Waals surface area contributed by atoms with Gasteiger partial charge in [-0.3, -0.25) is 0 Å². The number of hydrogen-bond acceptors (Lipinski definition) is 3. The predicted molar refractivity (Wildman–Crippen MR) is 27.2 cm³/mol. The van der Waals surface area contributed by atoms with Gasteiger partial charge >= 0.3 is 0 Å². The second kappa shape index (κ2) is 4.04. The number of primary sulfonamides is 1. The molecular formula is C2H9NO3S. The Morgan fingerprint density at radius 2 is 1.43 bits per heavy atom. The van der Waals surface area contributed by atoms with Gasteiger partial charge < -0.3 is 5.11 Å². The topological polar surface area (TPSA) is 80.4 Å². The summed E-state index contributed by atoms with van der Waals surface area (Å²) in [6.45, 7) is 0. The van der Waals surface area contributed by atoms with Gasteiger partial charge in [0.15, 0.2) is 0 Å². The van der Waals surface area contributed by atoms with Crippen LogP contribution in [-0.2, 0) is 10.0 Å². The molecule has 4 nitrogen and oxygen atoms in total. The van der Waals surface area contributed by atoms with Crippen LogP contribution in [0.25, 0.3) is 0 Å². The number of aliphatic hydroxyl groups is 1. The van der Waals surface area contributed by atoms with E-state index in [0.717, 1.165) is 13.4 Å². The molecule has 46 valence electrons. The van der Waals surface area contributed by atoms with Crippen molar-refractivity contribution in [1.29, 1.82) is 0 Å². The Kier molecular flexibility index (Phi) is 5.76. The summed E-state index contributed by atoms with van der Waals surface area (Å²) in [5.74, 6) is 0. The first-order valence-corrected chi connectivity index (χ1v) is 3.38. The fourth-order valence-electron chi connectivity index (χ4n) is 0. The van der Waals surface area contributed by atoms with Crippen molar-refractivity contribution in [3.8, 4) is 0 Å². The summed E-state index contributed by atoms with van der Waals surface area (Å²) in [5.41, 5.74) is 0. The van der Waals surface area contributed by atoms with Gasteiger partial charge in [-0.25, -0.2) is 13.6 Å². The fourth-order valence-corrected chi connectivity index (χ4v) is 0. The predicted octanol–water partition coefficient (Wildman–Crippen LogP) is -1.49. The molecule has 0 fully saturated rings. The van der Waals surface area contributed by atoms with E-state index in [4.69, 9.17) is 5.11 Å². The van der Waals surface area contributed by atoms with E-state index in [1.807, 2.05) is 0 Å². The molecule has 0 aromatic carbocycles. The molecule has 0 aromatic heterocycles. The van der Waals surface area contributed by atoms with E-state index in [2.05, 4.69) is 5.14 Å². The lowest BCUT2D eigenvalue weighted by Gasteiger charge is -1.71. The van der Waals surface area contributed by atoms with Crippen LogP contribution < -0.4 is 5.14 Å². The molecule has 7 heavy (non-hydrogen) atoms. The molecule has 3 N–H and O–H groups in total. The third-order valence-electron chi connectivity index (χ3n) is 0. The molecule has 0 saturated heterocycles. The van der Waals surface area contributed by atoms with E-state index in [9.17, 15) is 8.42 Å². The van der Waals surface area contributed by atoms with Gasteiger partial charge in [-0.05, 0) is 0 Å². The second-order valence-corrected chi connectivity index (χ2v) is 2.49. The zero-order chi connectivity index (χ0) is 6.50. The van der Waals surface area contributed by atoms with Crippen LogP contribution in [-0.4, -0.2) is 26.9 Å². The van der Waals surface area contributed by atoms with Crippen molar-refractivity contribution in [3.05, 3.63) is 0 Å². The Balaban J connectivity index is 0. The highest BCUT2D eigenvalue weighted by Gasteiger charge is 1.78. The molecule has 0 heterocycles. The Hall–Kier alpha value is -0.130. The van der Waals surface area contributed by atoms with Crippen molar-refractivity contribution >= 4 is 10.0 Å². The highest BCUT2D eigenvalue weighted by Crippen LogP contribution is 1.52. The van der Waals surface area contributed by atoms with Crippen molar-refractivity contribution < 1.29 is 13.5 Å². The van der Waals surface area contributed by atoms with Gasteiger partial charge in [-0.2, -0.15) is 0 Å². The van der Waals surface area contributed by atoms with Crippen LogP contribution in [0.5, 0.6) is 0 Å². The van der Waals surface area contributed by atoms with Crippen molar-refractivity contribution in [2.75, 3.05) is 13.4 Å². The zero-order valence-corrected chi connectivity index (χ0v) is 5.07. The maximum absolute atomic E-state index is 9.41. The highest BCUT2D eigenvalue weighted by atomic mass is 32.2. The summed E-state index contributed by atoms with van der Waals surface area (Å²) in [7, 11) is -2.17. The zero-order valence-electron chi connectivity index (χ0n) is 4.25. The first-order chi connectivity index (χ1) is 3.00. The normalized spacial score (nSPS) is 9.14. The number of aliphatic hydroxyl groups excluding tert-OH is 1. The molecule has 0 saturated carbocycles. The van der Waals surface area contributed by atoms with Crippen molar-refractivity contribution in [2.24, 2.45) is 5.14 Å². The van der Waals surface area contributed by atoms with Gasteiger partial charge in [0.2, 0.25) is 10.0 Å². The van der Waals surface area contributed by atoms with Crippen LogP contribution in [0.1, 0.15) is 0 Å². The minimum absolute atomic E-state index is 0.938. The summed E-state index contributed by atoms with van der Waals surface area (Å²) >= 11 is 0. The molecule has 0 aromatic rings. The molecule has 5 heteroatoms. The third kappa shape index (κ3) is 5200. The first-order valence-electron chi connectivity index (χ1n) is 1.42. The maximum Gasteiger partial charge on any atom is 0.206 e. The molecular weight excluding hydrogens is 118 g/mol. The minimum atomic E-state index is -3.17. The lowest BCUT2D eigenvalue weighted by molar-refractivity contribution is 0.399. The SMILES string of the molecule is CO.CS(N)(=O)=O. The number of rotatable bonds is 0. The van der Waals surface area contributed by atoms with Crippen LogP contribution in [0.3, 0.4) is 0 Å². The first kappa shape index (κ1) is 9.98. The summed E-state index contributed by atoms with van der Waals surface area (Å²) in [6.07, 6.45) is 0.938. The van der Waals surface area contributed by atoms with Gasteiger partial charge in [-0.15, -0.1) is 0 Å². The van der Waals surface area contributed by atoms with E-state index in [-0.39, 0.29) is 0 Å². The number of hydrogen-bond donors (Lipinski definition) is 2. The van der Waals surface area contributed by atoms with Gasteiger partial charge in [-0.1, -0.05) is 0 Å². The molecule has 0 amide bonds. The quantitative estimate of drug-likeness (QED) is 0.416.